The van der Waals surface area contributed by atoms with Crippen LogP contribution in [0.5, 0.6) is 0 Å². The summed E-state index contributed by atoms with van der Waals surface area (Å²) in [7, 11) is 0. The standard InChI is InChI=1S/C9H13BrClN3O2/c1-7(2-4-11)3-5-13-6-8(10)9(12-13)14(15)16/h6-7H,2-5H2,1H3. The molecule has 0 saturated carbocycles. The third kappa shape index (κ3) is 3.75. The largest absolute Gasteiger partial charge is 0.404 e. The Morgan fingerprint density at radius 3 is 2.88 bits per heavy atom. The maximum Gasteiger partial charge on any atom is 0.404 e. The lowest BCUT2D eigenvalue weighted by Gasteiger charge is -2.06. The predicted octanol–water partition coefficient (Wildman–Crippen LogP) is 3.21. The third-order valence-corrected chi connectivity index (χ3v) is 3.10. The van der Waals surface area contributed by atoms with Crippen molar-refractivity contribution in [2.24, 2.45) is 5.92 Å². The van der Waals surface area contributed by atoms with Gasteiger partial charge >= 0.3 is 5.82 Å². The van der Waals surface area contributed by atoms with Crippen molar-refractivity contribution in [3.63, 3.8) is 0 Å². The Bertz CT molecular complexity index is 370. The van der Waals surface area contributed by atoms with Gasteiger partial charge in [-0.3, -0.25) is 0 Å². The zero-order valence-corrected chi connectivity index (χ0v) is 11.2. The minimum atomic E-state index is -0.497. The number of hydrogen-bond donors (Lipinski definition) is 0. The molecule has 1 heterocycles. The summed E-state index contributed by atoms with van der Waals surface area (Å²) in [6, 6.07) is 0. The second kappa shape index (κ2) is 6.20. The molecule has 7 heteroatoms. The van der Waals surface area contributed by atoms with Gasteiger partial charge in [0.25, 0.3) is 0 Å². The lowest BCUT2D eigenvalue weighted by atomic mass is 10.1. The van der Waals surface area contributed by atoms with Gasteiger partial charge in [-0.2, -0.15) is 4.68 Å². The van der Waals surface area contributed by atoms with Crippen LogP contribution >= 0.6 is 27.5 Å². The van der Waals surface area contributed by atoms with Crippen molar-refractivity contribution < 1.29 is 4.92 Å². The molecule has 0 aliphatic carbocycles. The van der Waals surface area contributed by atoms with Gasteiger partial charge in [-0.15, -0.1) is 11.6 Å². The number of aryl methyl sites for hydroxylation is 1. The van der Waals surface area contributed by atoms with E-state index >= 15 is 0 Å². The van der Waals surface area contributed by atoms with Crippen molar-refractivity contribution in [3.8, 4) is 0 Å². The summed E-state index contributed by atoms with van der Waals surface area (Å²) in [6.07, 6.45) is 3.50. The van der Waals surface area contributed by atoms with Crippen LogP contribution in [0.4, 0.5) is 5.82 Å². The topological polar surface area (TPSA) is 61.0 Å². The minimum Gasteiger partial charge on any atom is -0.358 e. The summed E-state index contributed by atoms with van der Waals surface area (Å²) in [5.41, 5.74) is 0. The van der Waals surface area contributed by atoms with Gasteiger partial charge in [-0.1, -0.05) is 6.92 Å². The van der Waals surface area contributed by atoms with Crippen molar-refractivity contribution in [1.82, 2.24) is 9.78 Å². The second-order valence-electron chi connectivity index (χ2n) is 3.69. The SMILES string of the molecule is CC(CCCl)CCn1cc(Br)c([N+](=O)[O-])n1. The first-order valence-electron chi connectivity index (χ1n) is 4.98. The fourth-order valence-electron chi connectivity index (χ4n) is 1.31. The lowest BCUT2D eigenvalue weighted by molar-refractivity contribution is -0.390. The number of nitrogens with zero attached hydrogens (tertiary/aromatic N) is 3. The average molecular weight is 311 g/mol. The van der Waals surface area contributed by atoms with Crippen LogP contribution in [0.1, 0.15) is 19.8 Å². The Balaban J connectivity index is 2.55. The quantitative estimate of drug-likeness (QED) is 0.460. The monoisotopic (exact) mass is 309 g/mol. The van der Waals surface area contributed by atoms with E-state index in [1.54, 1.807) is 10.9 Å². The van der Waals surface area contributed by atoms with Crippen molar-refractivity contribution in [2.75, 3.05) is 5.88 Å². The molecule has 1 atom stereocenters. The van der Waals surface area contributed by atoms with Crippen LogP contribution in [0.2, 0.25) is 0 Å². The molecule has 0 radical (unpaired) electrons. The van der Waals surface area contributed by atoms with Crippen LogP contribution in [0.25, 0.3) is 0 Å². The van der Waals surface area contributed by atoms with Crippen LogP contribution in [0.15, 0.2) is 10.7 Å². The van der Waals surface area contributed by atoms with Gasteiger partial charge in [0.1, 0.15) is 4.47 Å². The molecule has 0 aliphatic heterocycles. The Kier molecular flexibility index (Phi) is 5.21. The molecule has 0 aliphatic rings. The van der Waals surface area contributed by atoms with Crippen LogP contribution in [-0.4, -0.2) is 20.6 Å². The molecule has 0 saturated heterocycles. The van der Waals surface area contributed by atoms with Gasteiger partial charge in [0.05, 0.1) is 17.8 Å². The smallest absolute Gasteiger partial charge is 0.358 e. The van der Waals surface area contributed by atoms with E-state index in [1.165, 1.54) is 0 Å². The molecule has 5 nitrogen and oxygen atoms in total. The number of hydrogen-bond acceptors (Lipinski definition) is 3. The molecule has 1 aromatic rings. The summed E-state index contributed by atoms with van der Waals surface area (Å²) >= 11 is 8.74. The number of aromatic nitrogens is 2. The minimum absolute atomic E-state index is 0.134. The first-order valence-corrected chi connectivity index (χ1v) is 6.30. The van der Waals surface area contributed by atoms with Crippen LogP contribution < -0.4 is 0 Å². The molecule has 0 bridgehead atoms. The zero-order valence-electron chi connectivity index (χ0n) is 8.90. The maximum atomic E-state index is 10.6. The maximum absolute atomic E-state index is 10.6. The van der Waals surface area contributed by atoms with Crippen molar-refractivity contribution in [2.45, 2.75) is 26.3 Å². The summed E-state index contributed by atoms with van der Waals surface area (Å²) in [6.45, 7) is 2.78. The molecule has 1 rings (SSSR count). The summed E-state index contributed by atoms with van der Waals surface area (Å²) in [5.74, 6) is 1.01. The normalized spacial score (nSPS) is 12.7. The highest BCUT2D eigenvalue weighted by molar-refractivity contribution is 9.10. The van der Waals surface area contributed by atoms with Gasteiger partial charge in [0.15, 0.2) is 0 Å². The van der Waals surface area contributed by atoms with E-state index in [-0.39, 0.29) is 5.82 Å². The Labute approximate surface area is 107 Å². The van der Waals surface area contributed by atoms with E-state index in [0.29, 0.717) is 22.8 Å². The zero-order chi connectivity index (χ0) is 12.1. The average Bonchev–Trinajstić information content (AvgIpc) is 2.57. The molecule has 0 fully saturated rings. The fourth-order valence-corrected chi connectivity index (χ4v) is 2.14. The van der Waals surface area contributed by atoms with Crippen LogP contribution in [0.3, 0.4) is 0 Å². The number of rotatable bonds is 6. The highest BCUT2D eigenvalue weighted by Gasteiger charge is 2.18. The van der Waals surface area contributed by atoms with E-state index in [2.05, 4.69) is 28.0 Å². The van der Waals surface area contributed by atoms with E-state index in [4.69, 9.17) is 11.6 Å². The third-order valence-electron chi connectivity index (χ3n) is 2.32. The molecule has 0 N–H and O–H groups in total. The van der Waals surface area contributed by atoms with Gasteiger partial charge in [-0.05, 0) is 39.6 Å². The Hall–Kier alpha value is -0.620. The number of halogens is 2. The first-order chi connectivity index (χ1) is 7.54. The predicted molar refractivity (Wildman–Crippen MR) is 65.7 cm³/mol. The van der Waals surface area contributed by atoms with E-state index in [0.717, 1.165) is 12.8 Å². The molecule has 0 amide bonds. The molecule has 90 valence electrons. The molecule has 0 aromatic carbocycles. The van der Waals surface area contributed by atoms with E-state index in [1.807, 2.05) is 0 Å². The summed E-state index contributed by atoms with van der Waals surface area (Å²) < 4.78 is 2.01. The van der Waals surface area contributed by atoms with Gasteiger partial charge in [0, 0.05) is 5.88 Å². The number of alkyl halides is 1. The van der Waals surface area contributed by atoms with Crippen molar-refractivity contribution in [1.29, 1.82) is 0 Å². The fraction of sp³-hybridized carbons (Fsp3) is 0.667. The van der Waals surface area contributed by atoms with E-state index < -0.39 is 4.92 Å². The van der Waals surface area contributed by atoms with Gasteiger partial charge in [-0.25, -0.2) is 0 Å². The lowest BCUT2D eigenvalue weighted by Crippen LogP contribution is -2.05. The van der Waals surface area contributed by atoms with Gasteiger partial charge in [0.2, 0.25) is 0 Å². The van der Waals surface area contributed by atoms with Crippen LogP contribution in [-0.2, 0) is 6.54 Å². The second-order valence-corrected chi connectivity index (χ2v) is 4.92. The Morgan fingerprint density at radius 2 is 2.38 bits per heavy atom. The van der Waals surface area contributed by atoms with E-state index in [9.17, 15) is 10.1 Å². The highest BCUT2D eigenvalue weighted by atomic mass is 79.9. The molecule has 0 spiro atoms. The molecule has 1 aromatic heterocycles. The molecular formula is C9H13BrClN3O2. The summed E-state index contributed by atoms with van der Waals surface area (Å²) in [4.78, 5) is 10.1. The molecular weight excluding hydrogens is 297 g/mol. The van der Waals surface area contributed by atoms with Crippen LogP contribution in [0, 0.1) is 16.0 Å². The first kappa shape index (κ1) is 13.4. The van der Waals surface area contributed by atoms with Crippen molar-refractivity contribution >= 4 is 33.3 Å². The van der Waals surface area contributed by atoms with Crippen molar-refractivity contribution in [3.05, 3.63) is 20.8 Å². The van der Waals surface area contributed by atoms with Gasteiger partial charge < -0.3 is 10.1 Å². The summed E-state index contributed by atoms with van der Waals surface area (Å²) in [5, 5.41) is 14.4. The molecule has 16 heavy (non-hydrogen) atoms. The molecule has 1 unspecified atom stereocenters. The highest BCUT2D eigenvalue weighted by Crippen LogP contribution is 2.22. The number of nitro groups is 1. The Morgan fingerprint density at radius 1 is 1.69 bits per heavy atom.